The van der Waals surface area contributed by atoms with Gasteiger partial charge in [0.05, 0.1) is 5.02 Å². The van der Waals surface area contributed by atoms with E-state index < -0.39 is 6.17 Å². The van der Waals surface area contributed by atoms with Gasteiger partial charge >= 0.3 is 0 Å². The van der Waals surface area contributed by atoms with E-state index >= 15 is 0 Å². The molecular formula is C37H24ClN3O. The minimum absolute atomic E-state index is 0.442. The fourth-order valence-corrected chi connectivity index (χ4v) is 5.96. The van der Waals surface area contributed by atoms with E-state index in [1.165, 1.54) is 0 Å². The minimum Gasteiger partial charge on any atom is -0.456 e. The predicted molar refractivity (Wildman–Crippen MR) is 174 cm³/mol. The molecule has 2 heterocycles. The maximum absolute atomic E-state index is 6.82. The first-order valence-corrected chi connectivity index (χ1v) is 14.3. The highest BCUT2D eigenvalue weighted by atomic mass is 35.5. The van der Waals surface area contributed by atoms with Crippen LogP contribution in [0.2, 0.25) is 5.02 Å². The van der Waals surface area contributed by atoms with Crippen LogP contribution in [0.5, 0.6) is 0 Å². The number of nitrogens with one attached hydrogen (secondary N) is 1. The number of benzene rings is 6. The zero-order valence-corrected chi connectivity index (χ0v) is 23.2. The van der Waals surface area contributed by atoms with Crippen LogP contribution in [-0.4, -0.2) is 11.7 Å². The molecule has 8 rings (SSSR count). The van der Waals surface area contributed by atoms with Gasteiger partial charge in [-0.3, -0.25) is 0 Å². The minimum atomic E-state index is -0.442. The summed E-state index contributed by atoms with van der Waals surface area (Å²) in [6.45, 7) is 0. The van der Waals surface area contributed by atoms with E-state index in [9.17, 15) is 0 Å². The number of hydrogen-bond donors (Lipinski definition) is 1. The Morgan fingerprint density at radius 2 is 1.29 bits per heavy atom. The first kappa shape index (κ1) is 24.6. The Bertz CT molecular complexity index is 2180. The van der Waals surface area contributed by atoms with Crippen LogP contribution < -0.4 is 5.32 Å². The lowest BCUT2D eigenvalue weighted by atomic mass is 10.0. The molecule has 42 heavy (non-hydrogen) atoms. The number of amidine groups is 2. The first-order chi connectivity index (χ1) is 20.7. The number of nitrogens with zero attached hydrogens (tertiary/aromatic N) is 2. The van der Waals surface area contributed by atoms with Gasteiger partial charge in [0.2, 0.25) is 0 Å². The molecule has 0 radical (unpaired) electrons. The lowest BCUT2D eigenvalue weighted by Crippen LogP contribution is -2.33. The Hall–Kier alpha value is -5.19. The monoisotopic (exact) mass is 561 g/mol. The second kappa shape index (κ2) is 10.0. The largest absolute Gasteiger partial charge is 0.456 e. The van der Waals surface area contributed by atoms with Gasteiger partial charge in [0.15, 0.2) is 12.0 Å². The molecule has 0 fully saturated rings. The van der Waals surface area contributed by atoms with E-state index in [-0.39, 0.29) is 0 Å². The van der Waals surface area contributed by atoms with Crippen molar-refractivity contribution in [3.63, 3.8) is 0 Å². The van der Waals surface area contributed by atoms with Crippen LogP contribution in [0.1, 0.15) is 22.9 Å². The molecule has 200 valence electrons. The molecule has 0 spiro atoms. The molecule has 1 aromatic heterocycles. The van der Waals surface area contributed by atoms with Crippen molar-refractivity contribution < 1.29 is 4.42 Å². The van der Waals surface area contributed by atoms with Crippen LogP contribution in [-0.2, 0) is 0 Å². The zero-order valence-electron chi connectivity index (χ0n) is 22.5. The fourth-order valence-electron chi connectivity index (χ4n) is 5.71. The molecule has 5 heteroatoms. The van der Waals surface area contributed by atoms with Crippen molar-refractivity contribution in [3.05, 3.63) is 155 Å². The fraction of sp³-hybridized carbons (Fsp3) is 0.0270. The van der Waals surface area contributed by atoms with Gasteiger partial charge in [0.1, 0.15) is 17.0 Å². The van der Waals surface area contributed by atoms with Gasteiger partial charge in [0.25, 0.3) is 0 Å². The second-order valence-electron chi connectivity index (χ2n) is 10.4. The summed E-state index contributed by atoms with van der Waals surface area (Å²) in [6.07, 6.45) is -0.442. The Morgan fingerprint density at radius 3 is 2.07 bits per heavy atom. The molecular weight excluding hydrogens is 538 g/mol. The summed E-state index contributed by atoms with van der Waals surface area (Å²) >= 11 is 6.82. The number of hydrogen-bond acceptors (Lipinski definition) is 4. The molecule has 0 aliphatic carbocycles. The van der Waals surface area contributed by atoms with Crippen molar-refractivity contribution in [1.82, 2.24) is 5.32 Å². The van der Waals surface area contributed by atoms with Crippen molar-refractivity contribution in [1.29, 1.82) is 0 Å². The maximum atomic E-state index is 6.82. The third-order valence-corrected chi connectivity index (χ3v) is 8.09. The lowest BCUT2D eigenvalue weighted by Gasteiger charge is -2.24. The van der Waals surface area contributed by atoms with Crippen LogP contribution in [0.3, 0.4) is 0 Å². The molecule has 0 saturated carbocycles. The summed E-state index contributed by atoms with van der Waals surface area (Å²) in [5.41, 5.74) is 6.60. The topological polar surface area (TPSA) is 49.9 Å². The number of rotatable bonds is 4. The zero-order chi connectivity index (χ0) is 28.0. The Kier molecular flexibility index (Phi) is 5.87. The summed E-state index contributed by atoms with van der Waals surface area (Å²) in [4.78, 5) is 10.2. The number of fused-ring (bicyclic) bond motifs is 4. The van der Waals surface area contributed by atoms with Crippen molar-refractivity contribution in [2.45, 2.75) is 6.17 Å². The number of furan rings is 1. The molecule has 1 atom stereocenters. The van der Waals surface area contributed by atoms with Crippen LogP contribution >= 0.6 is 11.6 Å². The Balaban J connectivity index is 1.31. The summed E-state index contributed by atoms with van der Waals surface area (Å²) < 4.78 is 6.55. The maximum Gasteiger partial charge on any atom is 0.159 e. The van der Waals surface area contributed by atoms with E-state index in [0.717, 1.165) is 66.4 Å². The van der Waals surface area contributed by atoms with Gasteiger partial charge in [-0.05, 0) is 52.2 Å². The molecule has 0 bridgehead atoms. The second-order valence-corrected chi connectivity index (χ2v) is 10.8. The normalized spacial score (nSPS) is 15.0. The van der Waals surface area contributed by atoms with Gasteiger partial charge in [-0.15, -0.1) is 0 Å². The van der Waals surface area contributed by atoms with Crippen molar-refractivity contribution in [2.75, 3.05) is 0 Å². The summed E-state index contributed by atoms with van der Waals surface area (Å²) in [6, 6.07) is 45.3. The van der Waals surface area contributed by atoms with Gasteiger partial charge in [-0.2, -0.15) is 0 Å². The van der Waals surface area contributed by atoms with Gasteiger partial charge < -0.3 is 9.73 Å². The number of halogens is 1. The molecule has 1 aliphatic rings. The SMILES string of the molecule is Clc1ccc(C2N=C(c3cccc(-c4ccccc4)c3)N=C(c3ccccc3)N2)c2oc3cc4ccccc4cc3c12. The highest BCUT2D eigenvalue weighted by molar-refractivity contribution is 6.38. The lowest BCUT2D eigenvalue weighted by molar-refractivity contribution is 0.629. The van der Waals surface area contributed by atoms with Gasteiger partial charge in [-0.25, -0.2) is 9.98 Å². The average Bonchev–Trinajstić information content (AvgIpc) is 3.43. The molecule has 4 nitrogen and oxygen atoms in total. The number of aliphatic imine (C=N–C) groups is 2. The van der Waals surface area contributed by atoms with Crippen molar-refractivity contribution >= 4 is 56.0 Å². The van der Waals surface area contributed by atoms with E-state index in [1.54, 1.807) is 0 Å². The Morgan fingerprint density at radius 1 is 0.619 bits per heavy atom. The van der Waals surface area contributed by atoms with Gasteiger partial charge in [-0.1, -0.05) is 115 Å². The first-order valence-electron chi connectivity index (χ1n) is 13.9. The van der Waals surface area contributed by atoms with Crippen molar-refractivity contribution in [2.24, 2.45) is 9.98 Å². The smallest absolute Gasteiger partial charge is 0.159 e. The molecule has 0 amide bonds. The van der Waals surface area contributed by atoms with Crippen molar-refractivity contribution in [3.8, 4) is 11.1 Å². The van der Waals surface area contributed by atoms with Crippen LogP contribution in [0.4, 0.5) is 0 Å². The molecule has 1 unspecified atom stereocenters. The summed E-state index contributed by atoms with van der Waals surface area (Å²) in [5, 5.41) is 8.37. The van der Waals surface area contributed by atoms with E-state index in [0.29, 0.717) is 10.9 Å². The average molecular weight is 562 g/mol. The van der Waals surface area contributed by atoms with Gasteiger partial charge in [0, 0.05) is 27.5 Å². The predicted octanol–water partition coefficient (Wildman–Crippen LogP) is 9.55. The quantitative estimate of drug-likeness (QED) is 0.232. The molecule has 1 N–H and O–H groups in total. The van der Waals surface area contributed by atoms with Crippen LogP contribution in [0.25, 0.3) is 43.8 Å². The Labute approximate surface area is 247 Å². The highest BCUT2D eigenvalue weighted by Crippen LogP contribution is 2.40. The van der Waals surface area contributed by atoms with E-state index in [4.69, 9.17) is 26.0 Å². The third kappa shape index (κ3) is 4.25. The summed E-state index contributed by atoms with van der Waals surface area (Å²) in [5.74, 6) is 1.40. The van der Waals surface area contributed by atoms with E-state index in [2.05, 4.69) is 78.1 Å². The van der Waals surface area contributed by atoms with E-state index in [1.807, 2.05) is 60.7 Å². The standard InChI is InChI=1S/C37H24ClN3O/c38-31-19-18-29(34-33(31)30-21-26-14-7-8-15-27(26)22-32(30)42-34)37-40-35(24-12-5-2-6-13-24)39-36(41-37)28-17-9-16-25(20-28)23-10-3-1-4-11-23/h1-22,37H,(H,39,40,41). The molecule has 0 saturated heterocycles. The van der Waals surface area contributed by atoms with Crippen LogP contribution in [0, 0.1) is 0 Å². The third-order valence-electron chi connectivity index (χ3n) is 7.78. The molecule has 1 aliphatic heterocycles. The highest BCUT2D eigenvalue weighted by Gasteiger charge is 2.26. The molecule has 6 aromatic carbocycles. The van der Waals surface area contributed by atoms with Crippen LogP contribution in [0.15, 0.2) is 148 Å². The molecule has 7 aromatic rings. The summed E-state index contributed by atoms with van der Waals surface area (Å²) in [7, 11) is 0.